The molecule has 1 atom stereocenters. The predicted octanol–water partition coefficient (Wildman–Crippen LogP) is 3.19. The molecular formula is C26H37N3O6S. The van der Waals surface area contributed by atoms with Crippen LogP contribution in [-0.4, -0.2) is 64.7 Å². The minimum absolute atomic E-state index is 0.159. The molecule has 36 heavy (non-hydrogen) atoms. The third-order valence-electron chi connectivity index (χ3n) is 5.75. The van der Waals surface area contributed by atoms with Crippen LogP contribution in [0, 0.1) is 0 Å². The van der Waals surface area contributed by atoms with Crippen LogP contribution in [0.4, 0.5) is 5.69 Å². The van der Waals surface area contributed by atoms with Crippen molar-refractivity contribution in [3.05, 3.63) is 54.1 Å². The van der Waals surface area contributed by atoms with Gasteiger partial charge >= 0.3 is 0 Å². The Bertz CT molecular complexity index is 1110. The minimum Gasteiger partial charge on any atom is -0.497 e. The molecule has 9 nitrogen and oxygen atoms in total. The molecule has 10 heteroatoms. The van der Waals surface area contributed by atoms with E-state index in [1.165, 1.54) is 25.2 Å². The molecule has 0 saturated carbocycles. The Balaban J connectivity index is 2.46. The normalized spacial score (nSPS) is 11.9. The Morgan fingerprint density at radius 2 is 1.72 bits per heavy atom. The SMILES string of the molecule is CCCCNC(=O)[C@@H](CC)N(Cc1ccccc1)C(=O)CN(c1cc(OC)ccc1OC)S(C)(=O)=O. The van der Waals surface area contributed by atoms with Crippen molar-refractivity contribution in [2.75, 3.05) is 37.9 Å². The van der Waals surface area contributed by atoms with Crippen LogP contribution in [-0.2, 0) is 26.2 Å². The van der Waals surface area contributed by atoms with Crippen LogP contribution in [0.15, 0.2) is 48.5 Å². The number of benzene rings is 2. The number of anilines is 1. The van der Waals surface area contributed by atoms with Crippen molar-refractivity contribution in [1.82, 2.24) is 10.2 Å². The van der Waals surface area contributed by atoms with Crippen molar-refractivity contribution in [2.45, 2.75) is 45.7 Å². The van der Waals surface area contributed by atoms with Crippen LogP contribution in [0.2, 0.25) is 0 Å². The van der Waals surface area contributed by atoms with Crippen LogP contribution in [0.5, 0.6) is 11.5 Å². The summed E-state index contributed by atoms with van der Waals surface area (Å²) in [6.45, 7) is 4.02. The van der Waals surface area contributed by atoms with Crippen LogP contribution in [0.3, 0.4) is 0 Å². The highest BCUT2D eigenvalue weighted by molar-refractivity contribution is 7.92. The molecule has 0 saturated heterocycles. The molecule has 0 bridgehead atoms. The summed E-state index contributed by atoms with van der Waals surface area (Å²) in [5.74, 6) is -0.0884. The third-order valence-corrected chi connectivity index (χ3v) is 6.87. The smallest absolute Gasteiger partial charge is 0.244 e. The number of sulfonamides is 1. The van der Waals surface area contributed by atoms with Gasteiger partial charge in [-0.05, 0) is 30.5 Å². The zero-order chi connectivity index (χ0) is 26.7. The van der Waals surface area contributed by atoms with Gasteiger partial charge in [0.2, 0.25) is 21.8 Å². The summed E-state index contributed by atoms with van der Waals surface area (Å²) >= 11 is 0. The summed E-state index contributed by atoms with van der Waals surface area (Å²) in [5, 5.41) is 2.90. The largest absolute Gasteiger partial charge is 0.497 e. The van der Waals surface area contributed by atoms with Gasteiger partial charge < -0.3 is 19.7 Å². The van der Waals surface area contributed by atoms with Gasteiger partial charge in [0.15, 0.2) is 0 Å². The number of hydrogen-bond acceptors (Lipinski definition) is 6. The van der Waals surface area contributed by atoms with Crippen molar-refractivity contribution in [3.8, 4) is 11.5 Å². The van der Waals surface area contributed by atoms with Crippen LogP contribution >= 0.6 is 0 Å². The lowest BCUT2D eigenvalue weighted by atomic mass is 10.1. The van der Waals surface area contributed by atoms with Crippen LogP contribution in [0.25, 0.3) is 0 Å². The quantitative estimate of drug-likeness (QED) is 0.385. The first-order valence-electron chi connectivity index (χ1n) is 12.0. The van der Waals surface area contributed by atoms with E-state index >= 15 is 0 Å². The molecular weight excluding hydrogens is 482 g/mol. The van der Waals surface area contributed by atoms with Gasteiger partial charge in [0.1, 0.15) is 24.1 Å². The Morgan fingerprint density at radius 3 is 2.28 bits per heavy atom. The van der Waals surface area contributed by atoms with Crippen molar-refractivity contribution < 1.29 is 27.5 Å². The van der Waals surface area contributed by atoms with Crippen LogP contribution in [0.1, 0.15) is 38.7 Å². The first-order valence-corrected chi connectivity index (χ1v) is 13.8. The van der Waals surface area contributed by atoms with Gasteiger partial charge in [-0.15, -0.1) is 0 Å². The van der Waals surface area contributed by atoms with Crippen molar-refractivity contribution in [3.63, 3.8) is 0 Å². The molecule has 0 radical (unpaired) electrons. The summed E-state index contributed by atoms with van der Waals surface area (Å²) in [6, 6.07) is 13.3. The maximum Gasteiger partial charge on any atom is 0.244 e. The summed E-state index contributed by atoms with van der Waals surface area (Å²) in [5.41, 5.74) is 1.00. The number of amides is 2. The number of rotatable bonds is 14. The second-order valence-corrected chi connectivity index (χ2v) is 10.3. The zero-order valence-electron chi connectivity index (χ0n) is 21.7. The highest BCUT2D eigenvalue weighted by atomic mass is 32.2. The topological polar surface area (TPSA) is 105 Å². The van der Waals surface area contributed by atoms with Crippen molar-refractivity contribution >= 4 is 27.5 Å². The van der Waals surface area contributed by atoms with Gasteiger partial charge in [-0.1, -0.05) is 50.6 Å². The van der Waals surface area contributed by atoms with Gasteiger partial charge in [0.25, 0.3) is 0 Å². The van der Waals surface area contributed by atoms with Gasteiger partial charge in [-0.25, -0.2) is 8.42 Å². The molecule has 1 N–H and O–H groups in total. The molecule has 0 aliphatic carbocycles. The monoisotopic (exact) mass is 519 g/mol. The zero-order valence-corrected chi connectivity index (χ0v) is 22.5. The van der Waals surface area contributed by atoms with E-state index in [9.17, 15) is 18.0 Å². The number of methoxy groups -OCH3 is 2. The van der Waals surface area contributed by atoms with E-state index in [0.717, 1.165) is 29.0 Å². The number of nitrogens with one attached hydrogen (secondary N) is 1. The van der Waals surface area contributed by atoms with Crippen molar-refractivity contribution in [2.24, 2.45) is 0 Å². The minimum atomic E-state index is -3.90. The number of carbonyl (C=O) groups excluding carboxylic acids is 2. The highest BCUT2D eigenvalue weighted by Gasteiger charge is 2.32. The fraction of sp³-hybridized carbons (Fsp3) is 0.462. The Hall–Kier alpha value is -3.27. The standard InChI is InChI=1S/C26H37N3O6S/c1-6-8-16-27-26(31)22(7-2)28(18-20-12-10-9-11-13-20)25(30)19-29(36(5,32)33)23-17-21(34-3)14-15-24(23)35-4/h9-15,17,22H,6-8,16,18-19H2,1-5H3,(H,27,31)/t22-/m1/s1. The molecule has 0 spiro atoms. The van der Waals surface area contributed by atoms with E-state index in [2.05, 4.69) is 5.32 Å². The fourth-order valence-corrected chi connectivity index (χ4v) is 4.64. The Morgan fingerprint density at radius 1 is 1.03 bits per heavy atom. The van der Waals surface area contributed by atoms with E-state index in [0.29, 0.717) is 18.7 Å². The number of hydrogen-bond donors (Lipinski definition) is 1. The summed E-state index contributed by atoms with van der Waals surface area (Å²) in [4.78, 5) is 28.2. The lowest BCUT2D eigenvalue weighted by Crippen LogP contribution is -2.52. The Labute approximate surface area is 214 Å². The lowest BCUT2D eigenvalue weighted by molar-refractivity contribution is -0.140. The van der Waals surface area contributed by atoms with Crippen molar-refractivity contribution in [1.29, 1.82) is 0 Å². The van der Waals surface area contributed by atoms with E-state index in [1.807, 2.05) is 44.2 Å². The van der Waals surface area contributed by atoms with Gasteiger partial charge in [-0.2, -0.15) is 0 Å². The van der Waals surface area contributed by atoms with Gasteiger partial charge in [0, 0.05) is 19.2 Å². The summed E-state index contributed by atoms with van der Waals surface area (Å²) in [7, 11) is -1.01. The predicted molar refractivity (Wildman–Crippen MR) is 141 cm³/mol. The van der Waals surface area contributed by atoms with Gasteiger partial charge in [0.05, 0.1) is 26.2 Å². The molecule has 0 unspecified atom stereocenters. The fourth-order valence-electron chi connectivity index (χ4n) is 3.79. The second kappa shape index (κ2) is 13.7. The van der Waals surface area contributed by atoms with Gasteiger partial charge in [-0.3, -0.25) is 13.9 Å². The number of unbranched alkanes of at least 4 members (excludes halogenated alkanes) is 1. The average molecular weight is 520 g/mol. The lowest BCUT2D eigenvalue weighted by Gasteiger charge is -2.33. The van der Waals surface area contributed by atoms with E-state index in [-0.39, 0.29) is 23.9 Å². The molecule has 0 heterocycles. The maximum absolute atomic E-state index is 13.7. The number of nitrogens with zero attached hydrogens (tertiary/aromatic N) is 2. The Kier molecular flexibility index (Phi) is 11.0. The molecule has 0 aromatic heterocycles. The molecule has 0 fully saturated rings. The molecule has 198 valence electrons. The maximum atomic E-state index is 13.7. The molecule has 2 rings (SSSR count). The van der Waals surface area contributed by atoms with E-state index in [1.54, 1.807) is 12.1 Å². The number of carbonyl (C=O) groups is 2. The highest BCUT2D eigenvalue weighted by Crippen LogP contribution is 2.34. The second-order valence-electron chi connectivity index (χ2n) is 8.38. The van der Waals surface area contributed by atoms with Crippen LogP contribution < -0.4 is 19.1 Å². The number of ether oxygens (including phenoxy) is 2. The molecule has 2 aromatic rings. The average Bonchev–Trinajstić information content (AvgIpc) is 2.86. The first kappa shape index (κ1) is 29.0. The third kappa shape index (κ3) is 7.87. The van der Waals surface area contributed by atoms with E-state index in [4.69, 9.17) is 9.47 Å². The van der Waals surface area contributed by atoms with E-state index < -0.39 is 28.5 Å². The molecule has 2 aromatic carbocycles. The molecule has 0 aliphatic heterocycles. The summed E-state index contributed by atoms with van der Waals surface area (Å²) < 4.78 is 37.3. The molecule has 2 amide bonds. The first-order chi connectivity index (χ1) is 17.2. The summed E-state index contributed by atoms with van der Waals surface area (Å²) in [6.07, 6.45) is 3.15. The molecule has 0 aliphatic rings.